The zero-order chi connectivity index (χ0) is 22.3. The predicted octanol–water partition coefficient (Wildman–Crippen LogP) is 6.20. The van der Waals surface area contributed by atoms with E-state index in [9.17, 15) is 10.1 Å². The number of fused-ring (bicyclic) bond motifs is 1. The van der Waals surface area contributed by atoms with Crippen LogP contribution in [-0.4, -0.2) is 21.5 Å². The second kappa shape index (κ2) is 9.74. The average Bonchev–Trinajstić information content (AvgIpc) is 2.81. The van der Waals surface area contributed by atoms with Gasteiger partial charge in [0.25, 0.3) is 0 Å². The lowest BCUT2D eigenvalue weighted by molar-refractivity contribution is -0.383. The standard InChI is InChI=1S/C24H23N5O3/c1-2-3-15-32-19-13-11-18(12-14-19)27-23-22(29(30)31)24(26-16-25-23)28-21-10-6-8-17-7-4-5-9-20(17)21/h4-14,16H,2-3,15H2,1H3,(H2,25,26,27,28). The SMILES string of the molecule is CCCCOc1ccc(Nc2ncnc(Nc3cccc4ccccc34)c2[N+](=O)[O-])cc1. The van der Waals surface area contributed by atoms with Crippen molar-refractivity contribution in [3.05, 3.63) is 83.2 Å². The lowest BCUT2D eigenvalue weighted by atomic mass is 10.1. The summed E-state index contributed by atoms with van der Waals surface area (Å²) in [5.41, 5.74) is 1.15. The van der Waals surface area contributed by atoms with Gasteiger partial charge in [-0.15, -0.1) is 0 Å². The summed E-state index contributed by atoms with van der Waals surface area (Å²) < 4.78 is 5.66. The summed E-state index contributed by atoms with van der Waals surface area (Å²) >= 11 is 0. The molecule has 0 saturated heterocycles. The Labute approximate surface area is 185 Å². The Kier molecular flexibility index (Phi) is 6.41. The summed E-state index contributed by atoms with van der Waals surface area (Å²) in [7, 11) is 0. The number of ether oxygens (including phenoxy) is 1. The van der Waals surface area contributed by atoms with E-state index in [0.29, 0.717) is 12.3 Å². The van der Waals surface area contributed by atoms with Gasteiger partial charge in [-0.1, -0.05) is 49.7 Å². The van der Waals surface area contributed by atoms with Gasteiger partial charge in [-0.25, -0.2) is 9.97 Å². The van der Waals surface area contributed by atoms with Crippen molar-refractivity contribution in [3.63, 3.8) is 0 Å². The molecule has 0 aliphatic carbocycles. The molecule has 32 heavy (non-hydrogen) atoms. The van der Waals surface area contributed by atoms with Gasteiger partial charge < -0.3 is 15.4 Å². The van der Waals surface area contributed by atoms with Gasteiger partial charge in [-0.3, -0.25) is 10.1 Å². The minimum atomic E-state index is -0.488. The maximum Gasteiger partial charge on any atom is 0.353 e. The Morgan fingerprint density at radius 3 is 2.41 bits per heavy atom. The second-order valence-corrected chi connectivity index (χ2v) is 7.18. The third kappa shape index (κ3) is 4.75. The van der Waals surface area contributed by atoms with E-state index < -0.39 is 4.92 Å². The van der Waals surface area contributed by atoms with E-state index in [2.05, 4.69) is 27.5 Å². The molecule has 8 heteroatoms. The number of benzene rings is 3. The molecule has 0 radical (unpaired) electrons. The molecular weight excluding hydrogens is 406 g/mol. The van der Waals surface area contributed by atoms with Crippen molar-refractivity contribution >= 4 is 39.5 Å². The van der Waals surface area contributed by atoms with Gasteiger partial charge in [0.15, 0.2) is 0 Å². The first-order chi connectivity index (χ1) is 15.7. The van der Waals surface area contributed by atoms with Crippen LogP contribution in [0.25, 0.3) is 10.8 Å². The smallest absolute Gasteiger partial charge is 0.353 e. The van der Waals surface area contributed by atoms with E-state index in [1.54, 1.807) is 12.1 Å². The molecule has 162 valence electrons. The minimum Gasteiger partial charge on any atom is -0.494 e. The quantitative estimate of drug-likeness (QED) is 0.185. The highest BCUT2D eigenvalue weighted by atomic mass is 16.6. The normalized spacial score (nSPS) is 10.7. The third-order valence-corrected chi connectivity index (χ3v) is 4.93. The molecule has 0 spiro atoms. The number of anilines is 4. The lowest BCUT2D eigenvalue weighted by Gasteiger charge is -2.12. The molecule has 0 unspecified atom stereocenters. The maximum absolute atomic E-state index is 11.9. The van der Waals surface area contributed by atoms with Gasteiger partial charge in [-0.05, 0) is 42.1 Å². The topological polar surface area (TPSA) is 102 Å². The average molecular weight is 429 g/mol. The zero-order valence-electron chi connectivity index (χ0n) is 17.6. The summed E-state index contributed by atoms with van der Waals surface area (Å²) in [6, 6.07) is 20.8. The molecule has 2 N–H and O–H groups in total. The Bertz CT molecular complexity index is 1220. The van der Waals surface area contributed by atoms with Crippen molar-refractivity contribution in [1.29, 1.82) is 0 Å². The van der Waals surface area contributed by atoms with Crippen LogP contribution in [0, 0.1) is 10.1 Å². The molecule has 0 amide bonds. The van der Waals surface area contributed by atoms with Crippen molar-refractivity contribution < 1.29 is 9.66 Å². The van der Waals surface area contributed by atoms with E-state index in [4.69, 9.17) is 4.74 Å². The summed E-state index contributed by atoms with van der Waals surface area (Å²) in [5, 5.41) is 20.0. The van der Waals surface area contributed by atoms with E-state index in [-0.39, 0.29) is 17.3 Å². The second-order valence-electron chi connectivity index (χ2n) is 7.18. The third-order valence-electron chi connectivity index (χ3n) is 4.93. The first-order valence-corrected chi connectivity index (χ1v) is 10.4. The van der Waals surface area contributed by atoms with Crippen molar-refractivity contribution in [3.8, 4) is 5.75 Å². The van der Waals surface area contributed by atoms with Crippen molar-refractivity contribution in [2.75, 3.05) is 17.2 Å². The molecule has 4 aromatic rings. The van der Waals surface area contributed by atoms with Gasteiger partial charge in [0.1, 0.15) is 12.1 Å². The van der Waals surface area contributed by atoms with Crippen LogP contribution >= 0.6 is 0 Å². The van der Waals surface area contributed by atoms with Crippen LogP contribution < -0.4 is 15.4 Å². The Balaban J connectivity index is 1.60. The number of nitrogens with zero attached hydrogens (tertiary/aromatic N) is 3. The predicted molar refractivity (Wildman–Crippen MR) is 126 cm³/mol. The summed E-state index contributed by atoms with van der Waals surface area (Å²) in [4.78, 5) is 19.7. The Morgan fingerprint density at radius 1 is 0.938 bits per heavy atom. The van der Waals surface area contributed by atoms with E-state index in [1.165, 1.54) is 6.33 Å². The van der Waals surface area contributed by atoms with Gasteiger partial charge in [-0.2, -0.15) is 0 Å². The van der Waals surface area contributed by atoms with E-state index in [0.717, 1.165) is 35.1 Å². The minimum absolute atomic E-state index is 0.104. The number of nitrogens with one attached hydrogen (secondary N) is 2. The molecule has 0 aliphatic heterocycles. The molecule has 0 saturated carbocycles. The molecule has 0 aliphatic rings. The number of unbranched alkanes of at least 4 members (excludes halogenated alkanes) is 1. The number of aromatic nitrogens is 2. The van der Waals surface area contributed by atoms with E-state index >= 15 is 0 Å². The zero-order valence-corrected chi connectivity index (χ0v) is 17.6. The Morgan fingerprint density at radius 2 is 1.66 bits per heavy atom. The molecule has 8 nitrogen and oxygen atoms in total. The van der Waals surface area contributed by atoms with Crippen LogP contribution in [0.5, 0.6) is 5.75 Å². The first kappa shape index (κ1) is 21.0. The maximum atomic E-state index is 11.9. The van der Waals surface area contributed by atoms with Crippen LogP contribution in [0.1, 0.15) is 19.8 Å². The van der Waals surface area contributed by atoms with Gasteiger partial charge in [0, 0.05) is 16.8 Å². The highest BCUT2D eigenvalue weighted by Gasteiger charge is 2.23. The molecular formula is C24H23N5O3. The first-order valence-electron chi connectivity index (χ1n) is 10.4. The molecule has 3 aromatic carbocycles. The fourth-order valence-electron chi connectivity index (χ4n) is 3.30. The summed E-state index contributed by atoms with van der Waals surface area (Å²) in [6.45, 7) is 2.76. The molecule has 0 bridgehead atoms. The fraction of sp³-hybridized carbons (Fsp3) is 0.167. The molecule has 0 atom stereocenters. The largest absolute Gasteiger partial charge is 0.494 e. The molecule has 0 fully saturated rings. The van der Waals surface area contributed by atoms with E-state index in [1.807, 2.05) is 54.6 Å². The van der Waals surface area contributed by atoms with Crippen LogP contribution in [0.3, 0.4) is 0 Å². The van der Waals surface area contributed by atoms with Gasteiger partial charge in [0.2, 0.25) is 11.6 Å². The Hall–Kier alpha value is -4.20. The number of rotatable bonds is 9. The summed E-state index contributed by atoms with van der Waals surface area (Å²) in [6.07, 6.45) is 3.34. The van der Waals surface area contributed by atoms with Crippen molar-refractivity contribution in [1.82, 2.24) is 9.97 Å². The molecule has 1 heterocycles. The lowest BCUT2D eigenvalue weighted by Crippen LogP contribution is -2.05. The van der Waals surface area contributed by atoms with Crippen molar-refractivity contribution in [2.45, 2.75) is 19.8 Å². The molecule has 4 rings (SSSR count). The van der Waals surface area contributed by atoms with Crippen LogP contribution in [-0.2, 0) is 0 Å². The van der Waals surface area contributed by atoms with Crippen LogP contribution in [0.2, 0.25) is 0 Å². The highest BCUT2D eigenvalue weighted by molar-refractivity contribution is 5.96. The van der Waals surface area contributed by atoms with Crippen LogP contribution in [0.4, 0.5) is 28.7 Å². The summed E-state index contributed by atoms with van der Waals surface area (Å²) in [5.74, 6) is 0.968. The fourth-order valence-corrected chi connectivity index (χ4v) is 3.30. The number of nitro groups is 1. The molecule has 1 aromatic heterocycles. The monoisotopic (exact) mass is 429 g/mol. The van der Waals surface area contributed by atoms with Crippen LogP contribution in [0.15, 0.2) is 73.1 Å². The van der Waals surface area contributed by atoms with Gasteiger partial charge >= 0.3 is 5.69 Å². The number of hydrogen-bond donors (Lipinski definition) is 2. The van der Waals surface area contributed by atoms with Gasteiger partial charge in [0.05, 0.1) is 11.5 Å². The number of hydrogen-bond acceptors (Lipinski definition) is 7. The van der Waals surface area contributed by atoms with Crippen molar-refractivity contribution in [2.24, 2.45) is 0 Å². The highest BCUT2D eigenvalue weighted by Crippen LogP contribution is 2.35.